The first-order chi connectivity index (χ1) is 11.8. The molecule has 24 heavy (non-hydrogen) atoms. The van der Waals surface area contributed by atoms with Crippen LogP contribution in [0.3, 0.4) is 0 Å². The van der Waals surface area contributed by atoms with E-state index in [1.807, 2.05) is 0 Å². The molecule has 8 nitrogen and oxygen atoms in total. The van der Waals surface area contributed by atoms with Gasteiger partial charge in [-0.15, -0.1) is 0 Å². The molecular weight excluding hydrogens is 314 g/mol. The Morgan fingerprint density at radius 1 is 0.625 bits per heavy atom. The third-order valence-corrected chi connectivity index (χ3v) is 3.34. The summed E-state index contributed by atoms with van der Waals surface area (Å²) in [7, 11) is 0. The van der Waals surface area contributed by atoms with Crippen molar-refractivity contribution in [2.24, 2.45) is 0 Å². The van der Waals surface area contributed by atoms with Crippen LogP contribution in [-0.4, -0.2) is 65.9 Å². The van der Waals surface area contributed by atoms with Crippen LogP contribution in [0.25, 0.3) is 0 Å². The van der Waals surface area contributed by atoms with Gasteiger partial charge in [-0.05, 0) is 0 Å². The molecule has 0 aliphatic carbocycles. The minimum atomic E-state index is 0.387. The largest absolute Gasteiger partial charge is 0.487 e. The van der Waals surface area contributed by atoms with Crippen molar-refractivity contribution >= 4 is 11.4 Å². The Bertz CT molecular complexity index is 444. The summed E-state index contributed by atoms with van der Waals surface area (Å²) in [6, 6.07) is 3.33. The van der Waals surface area contributed by atoms with Crippen molar-refractivity contribution in [1.82, 2.24) is 5.32 Å². The first kappa shape index (κ1) is 18.6. The molecule has 0 spiro atoms. The summed E-state index contributed by atoms with van der Waals surface area (Å²) < 4.78 is 27.8. The Morgan fingerprint density at radius 3 is 1.54 bits per heavy atom. The van der Waals surface area contributed by atoms with E-state index in [0.717, 1.165) is 13.1 Å². The van der Waals surface area contributed by atoms with Gasteiger partial charge in [0.15, 0.2) is 11.5 Å². The van der Waals surface area contributed by atoms with Crippen molar-refractivity contribution in [3.05, 3.63) is 12.1 Å². The fourth-order valence-corrected chi connectivity index (χ4v) is 2.08. The highest BCUT2D eigenvalue weighted by molar-refractivity contribution is 5.69. The second-order valence-corrected chi connectivity index (χ2v) is 5.21. The van der Waals surface area contributed by atoms with E-state index in [1.54, 1.807) is 12.1 Å². The second-order valence-electron chi connectivity index (χ2n) is 5.21. The smallest absolute Gasteiger partial charge is 0.163 e. The Labute approximate surface area is 142 Å². The van der Waals surface area contributed by atoms with Crippen LogP contribution in [0.1, 0.15) is 0 Å². The van der Waals surface area contributed by atoms with Crippen LogP contribution >= 0.6 is 0 Å². The summed E-state index contributed by atoms with van der Waals surface area (Å²) in [5.41, 5.74) is 12.6. The average Bonchev–Trinajstić information content (AvgIpc) is 2.57. The summed E-state index contributed by atoms with van der Waals surface area (Å²) in [5, 5.41) is 3.24. The molecular formula is C16H27N3O5. The molecule has 0 radical (unpaired) electrons. The zero-order chi connectivity index (χ0) is 17.0. The lowest BCUT2D eigenvalue weighted by Gasteiger charge is -2.15. The van der Waals surface area contributed by atoms with Gasteiger partial charge in [0, 0.05) is 25.2 Å². The van der Waals surface area contributed by atoms with Gasteiger partial charge >= 0.3 is 0 Å². The van der Waals surface area contributed by atoms with Crippen molar-refractivity contribution in [1.29, 1.82) is 0 Å². The maximum atomic E-state index is 5.84. The minimum absolute atomic E-state index is 0.387. The third-order valence-electron chi connectivity index (χ3n) is 3.34. The number of nitrogens with one attached hydrogen (secondary N) is 1. The number of nitrogens with two attached hydrogens (primary N) is 2. The fourth-order valence-electron chi connectivity index (χ4n) is 2.08. The van der Waals surface area contributed by atoms with E-state index in [4.69, 9.17) is 35.2 Å². The molecule has 0 saturated carbocycles. The van der Waals surface area contributed by atoms with E-state index in [9.17, 15) is 0 Å². The van der Waals surface area contributed by atoms with Gasteiger partial charge in [-0.2, -0.15) is 0 Å². The Balaban J connectivity index is 1.90. The lowest BCUT2D eigenvalue weighted by atomic mass is 10.2. The highest BCUT2D eigenvalue weighted by atomic mass is 16.6. The Kier molecular flexibility index (Phi) is 8.47. The molecule has 8 heteroatoms. The van der Waals surface area contributed by atoms with Crippen LogP contribution in [0.5, 0.6) is 11.5 Å². The normalized spacial score (nSPS) is 19.2. The summed E-state index contributed by atoms with van der Waals surface area (Å²) >= 11 is 0. The lowest BCUT2D eigenvalue weighted by molar-refractivity contribution is 0.0353. The van der Waals surface area contributed by atoms with Crippen molar-refractivity contribution < 1.29 is 23.7 Å². The average molecular weight is 341 g/mol. The fraction of sp³-hybridized carbons (Fsp3) is 0.625. The maximum Gasteiger partial charge on any atom is 0.163 e. The first-order valence-corrected chi connectivity index (χ1v) is 8.16. The van der Waals surface area contributed by atoms with Gasteiger partial charge in [-0.3, -0.25) is 0 Å². The number of rotatable bonds is 0. The van der Waals surface area contributed by atoms with Crippen LogP contribution in [0, 0.1) is 0 Å². The van der Waals surface area contributed by atoms with Gasteiger partial charge in [0.1, 0.15) is 13.2 Å². The molecule has 136 valence electrons. The zero-order valence-corrected chi connectivity index (χ0v) is 13.9. The Morgan fingerprint density at radius 2 is 1.04 bits per heavy atom. The molecule has 1 aromatic carbocycles. The van der Waals surface area contributed by atoms with Crippen molar-refractivity contribution in [3.8, 4) is 11.5 Å². The number of nitrogen functional groups attached to an aromatic ring is 2. The lowest BCUT2D eigenvalue weighted by Crippen LogP contribution is -2.25. The predicted octanol–water partition coefficient (Wildman–Crippen LogP) is 0.262. The number of benzene rings is 1. The van der Waals surface area contributed by atoms with E-state index in [0.29, 0.717) is 75.7 Å². The molecule has 5 N–H and O–H groups in total. The van der Waals surface area contributed by atoms with E-state index in [1.165, 1.54) is 0 Å². The second kappa shape index (κ2) is 10.9. The van der Waals surface area contributed by atoms with E-state index < -0.39 is 0 Å². The van der Waals surface area contributed by atoms with E-state index in [-0.39, 0.29) is 0 Å². The SMILES string of the molecule is Nc1cc2c(cc1N)OCCOCCOCCNCCOCCO2. The number of fused-ring (bicyclic) bond motifs is 1. The van der Waals surface area contributed by atoms with Gasteiger partial charge in [0.2, 0.25) is 0 Å². The van der Waals surface area contributed by atoms with Gasteiger partial charge in [0.05, 0.1) is 51.0 Å². The number of anilines is 2. The van der Waals surface area contributed by atoms with E-state index in [2.05, 4.69) is 5.32 Å². The van der Waals surface area contributed by atoms with Gasteiger partial charge in [-0.25, -0.2) is 0 Å². The van der Waals surface area contributed by atoms with E-state index >= 15 is 0 Å². The monoisotopic (exact) mass is 341 g/mol. The molecule has 0 fully saturated rings. The summed E-state index contributed by atoms with van der Waals surface area (Å²) in [4.78, 5) is 0. The topological polar surface area (TPSA) is 110 Å². The van der Waals surface area contributed by atoms with Gasteiger partial charge in [-0.1, -0.05) is 0 Å². The quantitative estimate of drug-likeness (QED) is 0.577. The van der Waals surface area contributed by atoms with Crippen LogP contribution in [0.4, 0.5) is 11.4 Å². The molecule has 0 amide bonds. The minimum Gasteiger partial charge on any atom is -0.487 e. The number of hydrogen-bond donors (Lipinski definition) is 3. The van der Waals surface area contributed by atoms with Gasteiger partial charge in [0.25, 0.3) is 0 Å². The van der Waals surface area contributed by atoms with Crippen LogP contribution in [-0.2, 0) is 14.2 Å². The molecule has 2 rings (SSSR count). The molecule has 0 saturated heterocycles. The summed E-state index contributed by atoms with van der Waals surface area (Å²) in [5.74, 6) is 1.09. The molecule has 1 aliphatic heterocycles. The Hall–Kier alpha value is -1.74. The first-order valence-electron chi connectivity index (χ1n) is 8.16. The highest BCUT2D eigenvalue weighted by Gasteiger charge is 2.09. The molecule has 0 unspecified atom stereocenters. The molecule has 1 aromatic rings. The standard InChI is InChI=1S/C16H27N3O5/c17-13-11-15-16(12-14(13)18)24-10-8-22-6-5-20-3-1-19-2-4-21-7-9-23-15/h11-12,19H,1-10,17-18H2. The van der Waals surface area contributed by atoms with Crippen molar-refractivity contribution in [2.75, 3.05) is 77.4 Å². The van der Waals surface area contributed by atoms with Crippen LogP contribution in [0.2, 0.25) is 0 Å². The molecule has 1 aliphatic rings. The third kappa shape index (κ3) is 6.79. The van der Waals surface area contributed by atoms with Crippen molar-refractivity contribution in [2.45, 2.75) is 0 Å². The number of ether oxygens (including phenoxy) is 5. The molecule has 1 heterocycles. The number of hydrogen-bond acceptors (Lipinski definition) is 8. The van der Waals surface area contributed by atoms with Crippen molar-refractivity contribution in [3.63, 3.8) is 0 Å². The molecule has 0 aromatic heterocycles. The highest BCUT2D eigenvalue weighted by Crippen LogP contribution is 2.33. The van der Waals surface area contributed by atoms with Crippen LogP contribution < -0.4 is 26.3 Å². The zero-order valence-electron chi connectivity index (χ0n) is 13.9. The molecule has 0 atom stereocenters. The van der Waals surface area contributed by atoms with Crippen LogP contribution in [0.15, 0.2) is 12.1 Å². The maximum absolute atomic E-state index is 5.84. The predicted molar refractivity (Wildman–Crippen MR) is 91.6 cm³/mol. The molecule has 0 bridgehead atoms. The summed E-state index contributed by atoms with van der Waals surface area (Å²) in [6.45, 7) is 5.62. The van der Waals surface area contributed by atoms with Gasteiger partial charge < -0.3 is 40.5 Å². The summed E-state index contributed by atoms with van der Waals surface area (Å²) in [6.07, 6.45) is 0.